The first-order valence-corrected chi connectivity index (χ1v) is 9.23. The summed E-state index contributed by atoms with van der Waals surface area (Å²) in [5, 5.41) is 8.48. The maximum atomic E-state index is 4.77. The van der Waals surface area contributed by atoms with E-state index in [0.717, 1.165) is 51.0 Å². The second-order valence-electron chi connectivity index (χ2n) is 7.00. The van der Waals surface area contributed by atoms with Crippen LogP contribution in [-0.2, 0) is 0 Å². The Morgan fingerprint density at radius 2 is 1.56 bits per heavy atom. The maximum Gasteiger partial charge on any atom is 0.247 e. The zero-order valence-electron chi connectivity index (χ0n) is 15.1. The Balaban J connectivity index is 1.45. The average molecular weight is 338 g/mol. The fourth-order valence-corrected chi connectivity index (χ4v) is 3.74. The molecule has 0 saturated carbocycles. The zero-order chi connectivity index (χ0) is 17.2. The Morgan fingerprint density at radius 1 is 0.840 bits per heavy atom. The number of rotatable bonds is 3. The summed E-state index contributed by atoms with van der Waals surface area (Å²) < 4.78 is 0. The first-order valence-electron chi connectivity index (χ1n) is 9.23. The van der Waals surface area contributed by atoms with Gasteiger partial charge in [-0.15, -0.1) is 5.10 Å². The van der Waals surface area contributed by atoms with E-state index >= 15 is 0 Å². The van der Waals surface area contributed by atoms with Crippen molar-refractivity contribution in [3.05, 3.63) is 35.5 Å². The molecule has 0 N–H and O–H groups in total. The van der Waals surface area contributed by atoms with E-state index in [1.165, 1.54) is 29.7 Å². The molecule has 0 amide bonds. The highest BCUT2D eigenvalue weighted by molar-refractivity contribution is 5.57. The Labute approximate surface area is 149 Å². The van der Waals surface area contributed by atoms with Crippen LogP contribution in [0.5, 0.6) is 0 Å². The van der Waals surface area contributed by atoms with Gasteiger partial charge in [-0.05, 0) is 43.9 Å². The minimum atomic E-state index is 0.769. The summed E-state index contributed by atoms with van der Waals surface area (Å²) in [7, 11) is 0. The summed E-state index contributed by atoms with van der Waals surface area (Å²) >= 11 is 0. The van der Waals surface area contributed by atoms with E-state index < -0.39 is 0 Å². The lowest BCUT2D eigenvalue weighted by Crippen LogP contribution is -2.47. The summed E-state index contributed by atoms with van der Waals surface area (Å²) in [4.78, 5) is 11.8. The van der Waals surface area contributed by atoms with Crippen LogP contribution in [0.2, 0.25) is 0 Å². The highest BCUT2D eigenvalue weighted by Gasteiger charge is 2.22. The largest absolute Gasteiger partial charge is 0.368 e. The topological polar surface area (TPSA) is 48.4 Å². The van der Waals surface area contributed by atoms with Gasteiger partial charge in [0.25, 0.3) is 0 Å². The van der Waals surface area contributed by atoms with Crippen molar-refractivity contribution in [2.24, 2.45) is 0 Å². The van der Waals surface area contributed by atoms with Gasteiger partial charge in [0, 0.05) is 45.0 Å². The molecule has 0 unspecified atom stereocenters. The van der Waals surface area contributed by atoms with Gasteiger partial charge in [-0.25, -0.2) is 0 Å². The number of piperazine rings is 1. The average Bonchev–Trinajstić information content (AvgIpc) is 3.19. The molecule has 0 atom stereocenters. The lowest BCUT2D eigenvalue weighted by molar-refractivity contribution is 0.633. The van der Waals surface area contributed by atoms with Crippen molar-refractivity contribution in [1.82, 2.24) is 15.2 Å². The number of hydrogen-bond donors (Lipinski definition) is 0. The minimum Gasteiger partial charge on any atom is -0.368 e. The maximum absolute atomic E-state index is 4.77. The Bertz CT molecular complexity index is 732. The predicted octanol–water partition coefficient (Wildman–Crippen LogP) is 2.42. The third-order valence-electron chi connectivity index (χ3n) is 5.44. The van der Waals surface area contributed by atoms with Crippen LogP contribution in [0.3, 0.4) is 0 Å². The molecule has 0 aliphatic carbocycles. The van der Waals surface area contributed by atoms with E-state index in [2.05, 4.69) is 56.9 Å². The molecule has 6 nitrogen and oxygen atoms in total. The fourth-order valence-electron chi connectivity index (χ4n) is 3.74. The molecule has 2 aliphatic heterocycles. The van der Waals surface area contributed by atoms with Crippen molar-refractivity contribution in [1.29, 1.82) is 0 Å². The van der Waals surface area contributed by atoms with Crippen LogP contribution in [-0.4, -0.2) is 54.4 Å². The second kappa shape index (κ2) is 6.86. The van der Waals surface area contributed by atoms with Gasteiger partial charge >= 0.3 is 0 Å². The lowest BCUT2D eigenvalue weighted by atomic mass is 10.1. The molecule has 2 aliphatic rings. The first kappa shape index (κ1) is 16.1. The first-order chi connectivity index (χ1) is 12.2. The van der Waals surface area contributed by atoms with Crippen molar-refractivity contribution in [2.45, 2.75) is 26.7 Å². The number of aromatic nitrogens is 3. The molecule has 0 radical (unpaired) electrons. The quantitative estimate of drug-likeness (QED) is 0.857. The Hall–Kier alpha value is -2.37. The molecule has 6 heteroatoms. The zero-order valence-corrected chi connectivity index (χ0v) is 15.1. The minimum absolute atomic E-state index is 0.769. The SMILES string of the molecule is Cc1cccc(N2CCN(c3nncc(N4CCCC4)n3)CC2)c1C. The van der Waals surface area contributed by atoms with Crippen LogP contribution in [0.15, 0.2) is 24.4 Å². The van der Waals surface area contributed by atoms with Crippen LogP contribution < -0.4 is 14.7 Å². The van der Waals surface area contributed by atoms with Crippen LogP contribution in [0.4, 0.5) is 17.5 Å². The van der Waals surface area contributed by atoms with Crippen molar-refractivity contribution in [3.8, 4) is 0 Å². The van der Waals surface area contributed by atoms with Gasteiger partial charge in [0.2, 0.25) is 5.95 Å². The van der Waals surface area contributed by atoms with Crippen molar-refractivity contribution < 1.29 is 0 Å². The molecular weight excluding hydrogens is 312 g/mol. The van der Waals surface area contributed by atoms with Gasteiger partial charge in [-0.1, -0.05) is 12.1 Å². The molecule has 2 saturated heterocycles. The summed E-state index contributed by atoms with van der Waals surface area (Å²) in [5.74, 6) is 1.74. The van der Waals surface area contributed by atoms with Crippen molar-refractivity contribution in [3.63, 3.8) is 0 Å². The molecule has 1 aromatic carbocycles. The van der Waals surface area contributed by atoms with Gasteiger partial charge in [0.1, 0.15) is 0 Å². The number of aryl methyl sites for hydroxylation is 1. The van der Waals surface area contributed by atoms with Crippen LogP contribution >= 0.6 is 0 Å². The third-order valence-corrected chi connectivity index (χ3v) is 5.44. The summed E-state index contributed by atoms with van der Waals surface area (Å²) in [6.07, 6.45) is 4.28. The fraction of sp³-hybridized carbons (Fsp3) is 0.526. The normalized spacial score (nSPS) is 18.1. The predicted molar refractivity (Wildman–Crippen MR) is 102 cm³/mol. The number of hydrogen-bond acceptors (Lipinski definition) is 6. The standard InChI is InChI=1S/C19H26N6/c1-15-6-5-7-17(16(15)2)23-10-12-25(13-11-23)19-21-18(14-20-22-19)24-8-3-4-9-24/h5-7,14H,3-4,8-13H2,1-2H3. The van der Waals surface area contributed by atoms with Gasteiger partial charge in [0.05, 0.1) is 6.20 Å². The second-order valence-corrected chi connectivity index (χ2v) is 7.00. The van der Waals surface area contributed by atoms with Gasteiger partial charge in [-0.3, -0.25) is 0 Å². The van der Waals surface area contributed by atoms with E-state index in [1.54, 1.807) is 6.20 Å². The molecule has 2 aromatic rings. The van der Waals surface area contributed by atoms with Crippen LogP contribution in [0.1, 0.15) is 24.0 Å². The molecular formula is C19H26N6. The highest BCUT2D eigenvalue weighted by atomic mass is 15.4. The van der Waals surface area contributed by atoms with Gasteiger partial charge in [0.15, 0.2) is 5.82 Å². The van der Waals surface area contributed by atoms with E-state index in [0.29, 0.717) is 0 Å². The Morgan fingerprint density at radius 3 is 2.32 bits per heavy atom. The third kappa shape index (κ3) is 3.25. The molecule has 3 heterocycles. The van der Waals surface area contributed by atoms with Crippen molar-refractivity contribution in [2.75, 3.05) is 54.0 Å². The number of benzene rings is 1. The Kier molecular flexibility index (Phi) is 4.42. The monoisotopic (exact) mass is 338 g/mol. The van der Waals surface area contributed by atoms with Gasteiger partial charge < -0.3 is 14.7 Å². The molecule has 132 valence electrons. The molecule has 2 fully saturated rings. The molecule has 25 heavy (non-hydrogen) atoms. The number of anilines is 3. The van der Waals surface area contributed by atoms with E-state index in [1.807, 2.05) is 0 Å². The lowest BCUT2D eigenvalue weighted by Gasteiger charge is -2.37. The van der Waals surface area contributed by atoms with Crippen molar-refractivity contribution >= 4 is 17.5 Å². The molecule has 0 spiro atoms. The molecule has 4 rings (SSSR count). The highest BCUT2D eigenvalue weighted by Crippen LogP contribution is 2.25. The van der Waals surface area contributed by atoms with Crippen LogP contribution in [0.25, 0.3) is 0 Å². The van der Waals surface area contributed by atoms with E-state index in [4.69, 9.17) is 4.98 Å². The molecule has 0 bridgehead atoms. The molecule has 1 aromatic heterocycles. The summed E-state index contributed by atoms with van der Waals surface area (Å²) in [5.41, 5.74) is 4.08. The van der Waals surface area contributed by atoms with E-state index in [-0.39, 0.29) is 0 Å². The number of nitrogens with zero attached hydrogens (tertiary/aromatic N) is 6. The van der Waals surface area contributed by atoms with Gasteiger partial charge in [-0.2, -0.15) is 10.1 Å². The van der Waals surface area contributed by atoms with Crippen LogP contribution in [0, 0.1) is 13.8 Å². The van der Waals surface area contributed by atoms with E-state index in [9.17, 15) is 0 Å². The summed E-state index contributed by atoms with van der Waals surface area (Å²) in [6, 6.07) is 6.55. The smallest absolute Gasteiger partial charge is 0.247 e. The summed E-state index contributed by atoms with van der Waals surface area (Å²) in [6.45, 7) is 10.4.